The van der Waals surface area contributed by atoms with Crippen molar-refractivity contribution in [3.63, 3.8) is 0 Å². The van der Waals surface area contributed by atoms with Crippen LogP contribution < -0.4 is 0 Å². The largest absolute Gasteiger partial charge is 0.436 e. The second-order valence-electron chi connectivity index (χ2n) is 6.91. The Balaban J connectivity index is 2.09. The van der Waals surface area contributed by atoms with E-state index in [1.54, 1.807) is 6.07 Å². The zero-order valence-corrected chi connectivity index (χ0v) is 14.3. The maximum Gasteiger partial charge on any atom is 0.272 e. The van der Waals surface area contributed by atoms with Gasteiger partial charge in [-0.05, 0) is 29.5 Å². The van der Waals surface area contributed by atoms with Gasteiger partial charge in [-0.2, -0.15) is 0 Å². The summed E-state index contributed by atoms with van der Waals surface area (Å²) in [4.78, 5) is 15.1. The fraction of sp³-hybridized carbons (Fsp3) is 0.316. The molecule has 1 heterocycles. The molecule has 0 unspecified atom stereocenters. The van der Waals surface area contributed by atoms with E-state index in [-0.39, 0.29) is 11.1 Å². The molecule has 5 nitrogen and oxygen atoms in total. The van der Waals surface area contributed by atoms with Crippen molar-refractivity contribution < 1.29 is 9.34 Å². The summed E-state index contributed by atoms with van der Waals surface area (Å²) in [6.07, 6.45) is 0.649. The first-order valence-electron chi connectivity index (χ1n) is 7.98. The van der Waals surface area contributed by atoms with Crippen LogP contribution in [0.25, 0.3) is 22.6 Å². The van der Waals surface area contributed by atoms with Crippen LogP contribution in [0.4, 0.5) is 5.69 Å². The average molecular weight is 324 g/mol. The second-order valence-corrected chi connectivity index (χ2v) is 6.91. The third-order valence-corrected chi connectivity index (χ3v) is 4.14. The quantitative estimate of drug-likeness (QED) is 0.486. The third kappa shape index (κ3) is 2.89. The van der Waals surface area contributed by atoms with Crippen LogP contribution in [0.5, 0.6) is 0 Å². The van der Waals surface area contributed by atoms with Gasteiger partial charge in [0.1, 0.15) is 5.52 Å². The van der Waals surface area contributed by atoms with Crippen molar-refractivity contribution in [3.05, 3.63) is 57.6 Å². The zero-order valence-electron chi connectivity index (χ0n) is 14.3. The van der Waals surface area contributed by atoms with Gasteiger partial charge in [0, 0.05) is 23.3 Å². The van der Waals surface area contributed by atoms with Gasteiger partial charge >= 0.3 is 0 Å². The molecule has 0 aliphatic carbocycles. The number of aromatic nitrogens is 1. The highest BCUT2D eigenvalue weighted by atomic mass is 16.6. The lowest BCUT2D eigenvalue weighted by Crippen LogP contribution is -2.10. The van der Waals surface area contributed by atoms with E-state index in [1.807, 2.05) is 19.1 Å². The molecule has 5 heteroatoms. The minimum absolute atomic E-state index is 0.0438. The molecule has 0 amide bonds. The molecule has 0 bridgehead atoms. The normalized spacial score (nSPS) is 11.8. The summed E-state index contributed by atoms with van der Waals surface area (Å²) in [5.41, 5.74) is 4.16. The predicted octanol–water partition coefficient (Wildman–Crippen LogP) is 5.26. The first-order chi connectivity index (χ1) is 11.3. The van der Waals surface area contributed by atoms with Gasteiger partial charge in [-0.3, -0.25) is 10.1 Å². The molecule has 0 fully saturated rings. The molecule has 124 valence electrons. The van der Waals surface area contributed by atoms with Gasteiger partial charge in [0.25, 0.3) is 5.69 Å². The van der Waals surface area contributed by atoms with E-state index < -0.39 is 4.92 Å². The Morgan fingerprint density at radius 2 is 1.83 bits per heavy atom. The van der Waals surface area contributed by atoms with E-state index in [9.17, 15) is 10.1 Å². The summed E-state index contributed by atoms with van der Waals surface area (Å²) in [7, 11) is 0. The number of non-ortho nitro benzene ring substituents is 1. The van der Waals surface area contributed by atoms with Crippen LogP contribution in [0.15, 0.2) is 40.8 Å². The van der Waals surface area contributed by atoms with Gasteiger partial charge in [-0.25, -0.2) is 4.98 Å². The molecule has 0 saturated carbocycles. The first kappa shape index (κ1) is 16.2. The summed E-state index contributed by atoms with van der Waals surface area (Å²) >= 11 is 0. The zero-order chi connectivity index (χ0) is 17.5. The lowest BCUT2D eigenvalue weighted by Gasteiger charge is -2.18. The van der Waals surface area contributed by atoms with E-state index in [2.05, 4.69) is 37.9 Å². The van der Waals surface area contributed by atoms with Crippen LogP contribution in [0.3, 0.4) is 0 Å². The van der Waals surface area contributed by atoms with Gasteiger partial charge in [0.15, 0.2) is 5.58 Å². The number of nitro benzene ring substituents is 1. The fourth-order valence-corrected chi connectivity index (χ4v) is 2.69. The lowest BCUT2D eigenvalue weighted by molar-refractivity contribution is -0.384. The molecule has 24 heavy (non-hydrogen) atoms. The fourth-order valence-electron chi connectivity index (χ4n) is 2.69. The van der Waals surface area contributed by atoms with E-state index in [1.165, 1.54) is 11.6 Å². The number of benzene rings is 2. The average Bonchev–Trinajstić information content (AvgIpc) is 2.97. The topological polar surface area (TPSA) is 69.2 Å². The Bertz CT molecular complexity index is 903. The minimum atomic E-state index is -0.398. The number of aryl methyl sites for hydroxylation is 1. The number of oxazole rings is 1. The molecular formula is C19H20N2O3. The summed E-state index contributed by atoms with van der Waals surface area (Å²) in [5.74, 6) is 0.487. The van der Waals surface area contributed by atoms with E-state index in [0.717, 1.165) is 11.1 Å². The number of hydrogen-bond donors (Lipinski definition) is 0. The van der Waals surface area contributed by atoms with Crippen LogP contribution in [-0.2, 0) is 11.8 Å². The molecule has 0 spiro atoms. The van der Waals surface area contributed by atoms with Crippen molar-refractivity contribution in [2.45, 2.75) is 39.5 Å². The molecular weight excluding hydrogens is 304 g/mol. The molecule has 0 aliphatic rings. The van der Waals surface area contributed by atoms with Crippen molar-refractivity contribution in [1.29, 1.82) is 0 Å². The van der Waals surface area contributed by atoms with E-state index in [4.69, 9.17) is 4.42 Å². The molecule has 3 rings (SSSR count). The summed E-state index contributed by atoms with van der Waals surface area (Å²) in [6.45, 7) is 8.43. The highest BCUT2D eigenvalue weighted by molar-refractivity contribution is 5.82. The molecule has 0 atom stereocenters. The standard InChI is InChI=1S/C19H20N2O3/c1-5-12-10-15(21(22)23)11-16-17(12)24-18(20-16)13-6-8-14(9-7-13)19(2,3)4/h6-11H,5H2,1-4H3. The van der Waals surface area contributed by atoms with Crippen molar-refractivity contribution in [2.75, 3.05) is 0 Å². The second kappa shape index (κ2) is 5.74. The lowest BCUT2D eigenvalue weighted by atomic mass is 9.87. The molecule has 0 aliphatic heterocycles. The van der Waals surface area contributed by atoms with Crippen LogP contribution >= 0.6 is 0 Å². The van der Waals surface area contributed by atoms with Crippen LogP contribution in [0.2, 0.25) is 0 Å². The van der Waals surface area contributed by atoms with E-state index >= 15 is 0 Å². The van der Waals surface area contributed by atoms with Crippen LogP contribution in [0, 0.1) is 10.1 Å². The maximum atomic E-state index is 11.1. The Kier molecular flexibility index (Phi) is 3.87. The number of nitro groups is 1. The summed E-state index contributed by atoms with van der Waals surface area (Å²) in [5, 5.41) is 11.1. The van der Waals surface area contributed by atoms with Gasteiger partial charge in [-0.15, -0.1) is 0 Å². The van der Waals surface area contributed by atoms with Gasteiger partial charge in [0.2, 0.25) is 5.89 Å². The number of nitrogens with zero attached hydrogens (tertiary/aromatic N) is 2. The highest BCUT2D eigenvalue weighted by Crippen LogP contribution is 2.31. The van der Waals surface area contributed by atoms with Gasteiger partial charge < -0.3 is 4.42 Å². The number of hydrogen-bond acceptors (Lipinski definition) is 4. The first-order valence-corrected chi connectivity index (χ1v) is 7.98. The van der Waals surface area contributed by atoms with E-state index in [0.29, 0.717) is 23.4 Å². The Labute approximate surface area is 140 Å². The Morgan fingerprint density at radius 1 is 1.17 bits per heavy atom. The van der Waals surface area contributed by atoms with Gasteiger partial charge in [-0.1, -0.05) is 39.8 Å². The molecule has 0 saturated heterocycles. The smallest absolute Gasteiger partial charge is 0.272 e. The van der Waals surface area contributed by atoms with Crippen LogP contribution in [0.1, 0.15) is 38.8 Å². The van der Waals surface area contributed by atoms with Crippen molar-refractivity contribution in [3.8, 4) is 11.5 Å². The SMILES string of the molecule is CCc1cc([N+](=O)[O-])cc2nc(-c3ccc(C(C)(C)C)cc3)oc12. The summed E-state index contributed by atoms with van der Waals surface area (Å²) in [6, 6.07) is 11.1. The summed E-state index contributed by atoms with van der Waals surface area (Å²) < 4.78 is 5.90. The minimum Gasteiger partial charge on any atom is -0.436 e. The third-order valence-electron chi connectivity index (χ3n) is 4.14. The van der Waals surface area contributed by atoms with Crippen molar-refractivity contribution >= 4 is 16.8 Å². The molecule has 0 N–H and O–H groups in total. The molecule has 2 aromatic carbocycles. The Hall–Kier alpha value is -2.69. The number of rotatable bonds is 3. The number of fused-ring (bicyclic) bond motifs is 1. The van der Waals surface area contributed by atoms with Gasteiger partial charge in [0.05, 0.1) is 4.92 Å². The molecule has 3 aromatic rings. The molecule has 1 aromatic heterocycles. The van der Waals surface area contributed by atoms with Crippen molar-refractivity contribution in [1.82, 2.24) is 4.98 Å². The molecule has 0 radical (unpaired) electrons. The highest BCUT2D eigenvalue weighted by Gasteiger charge is 2.18. The van der Waals surface area contributed by atoms with Crippen LogP contribution in [-0.4, -0.2) is 9.91 Å². The monoisotopic (exact) mass is 324 g/mol. The van der Waals surface area contributed by atoms with Crippen molar-refractivity contribution in [2.24, 2.45) is 0 Å². The predicted molar refractivity (Wildman–Crippen MR) is 94.2 cm³/mol. The Morgan fingerprint density at radius 3 is 2.38 bits per heavy atom. The maximum absolute atomic E-state index is 11.1.